The molecule has 226 valence electrons. The zero-order chi connectivity index (χ0) is 30.9. The predicted molar refractivity (Wildman–Crippen MR) is 168 cm³/mol. The Morgan fingerprint density at radius 2 is 1.61 bits per heavy atom. The van der Waals surface area contributed by atoms with Crippen molar-refractivity contribution >= 4 is 44.7 Å². The van der Waals surface area contributed by atoms with Gasteiger partial charge < -0.3 is 15.4 Å². The molecule has 1 saturated carbocycles. The number of rotatable bonds is 7. The number of anilines is 2. The summed E-state index contributed by atoms with van der Waals surface area (Å²) >= 11 is 1.45. The van der Waals surface area contributed by atoms with Crippen LogP contribution in [0.15, 0.2) is 60.8 Å². The minimum Gasteiger partial charge on any atom is -0.453 e. The molecule has 2 aliphatic rings. The standard InChI is InChI=1S/C34H32F2N4O3S/c1-33(2,40-18-4-3-5-19-40)14-12-25-21-27-30(44-25)29(13-17-37-27)43-28-11-10-24(20-26(28)36)39-32(42)34(15-16-34)31(41)38-23-8-6-22(35)7-9-23/h6-11,13,17,20-21H,3-5,15-16,18-19H2,1-2H3,(H,38,41)(H,39,42). The highest BCUT2D eigenvalue weighted by Gasteiger charge is 2.56. The first-order valence-electron chi connectivity index (χ1n) is 14.7. The molecule has 2 aromatic heterocycles. The van der Waals surface area contributed by atoms with Crippen LogP contribution in [0.1, 0.15) is 50.8 Å². The number of piperidine rings is 1. The van der Waals surface area contributed by atoms with Crippen LogP contribution in [0.4, 0.5) is 20.2 Å². The third-order valence-corrected chi connectivity index (χ3v) is 9.20. The van der Waals surface area contributed by atoms with Crippen molar-refractivity contribution in [3.63, 3.8) is 0 Å². The second-order valence-electron chi connectivity index (χ2n) is 11.7. The summed E-state index contributed by atoms with van der Waals surface area (Å²) in [7, 11) is 0. The lowest BCUT2D eigenvalue weighted by Crippen LogP contribution is -2.45. The van der Waals surface area contributed by atoms with Crippen LogP contribution in [0, 0.1) is 28.9 Å². The van der Waals surface area contributed by atoms with E-state index in [2.05, 4.69) is 46.2 Å². The van der Waals surface area contributed by atoms with Crippen molar-refractivity contribution in [3.05, 3.63) is 77.3 Å². The van der Waals surface area contributed by atoms with Crippen molar-refractivity contribution < 1.29 is 23.1 Å². The number of carbonyl (C=O) groups excluding carboxylic acids is 2. The van der Waals surface area contributed by atoms with Gasteiger partial charge in [-0.1, -0.05) is 18.3 Å². The van der Waals surface area contributed by atoms with E-state index in [1.54, 1.807) is 12.3 Å². The van der Waals surface area contributed by atoms with E-state index in [9.17, 15) is 14.0 Å². The van der Waals surface area contributed by atoms with Crippen LogP contribution in [0.3, 0.4) is 0 Å². The van der Waals surface area contributed by atoms with E-state index in [1.807, 2.05) is 6.07 Å². The van der Waals surface area contributed by atoms with Gasteiger partial charge in [-0.3, -0.25) is 19.5 Å². The third kappa shape index (κ3) is 6.30. The highest BCUT2D eigenvalue weighted by Crippen LogP contribution is 2.47. The first-order valence-corrected chi connectivity index (χ1v) is 15.5. The maximum atomic E-state index is 15.2. The fourth-order valence-electron chi connectivity index (χ4n) is 5.30. The van der Waals surface area contributed by atoms with Gasteiger partial charge in [0.2, 0.25) is 11.8 Å². The summed E-state index contributed by atoms with van der Waals surface area (Å²) in [6.07, 6.45) is 5.98. The van der Waals surface area contributed by atoms with Gasteiger partial charge in [-0.05, 0) is 95.1 Å². The summed E-state index contributed by atoms with van der Waals surface area (Å²) in [5.41, 5.74) is -0.198. The maximum absolute atomic E-state index is 15.2. The summed E-state index contributed by atoms with van der Waals surface area (Å²) in [6, 6.07) is 13.0. The van der Waals surface area contributed by atoms with E-state index in [0.717, 1.165) is 28.7 Å². The molecular formula is C34H32F2N4O3S. The normalized spacial score (nSPS) is 16.1. The third-order valence-electron chi connectivity index (χ3n) is 8.15. The SMILES string of the molecule is CC(C)(C#Cc1cc2nccc(Oc3ccc(NC(=O)C4(C(=O)Nc5ccc(F)cc5)CC4)cc3F)c2s1)N1CCCCC1. The average molecular weight is 615 g/mol. The Morgan fingerprint density at radius 1 is 0.932 bits per heavy atom. The molecule has 0 radical (unpaired) electrons. The number of ether oxygens (including phenoxy) is 1. The number of hydrogen-bond acceptors (Lipinski definition) is 6. The van der Waals surface area contributed by atoms with Gasteiger partial charge in [0, 0.05) is 29.7 Å². The quantitative estimate of drug-likeness (QED) is 0.168. The van der Waals surface area contributed by atoms with Gasteiger partial charge >= 0.3 is 0 Å². The number of benzene rings is 2. The Bertz CT molecular complexity index is 1780. The van der Waals surface area contributed by atoms with Gasteiger partial charge in [0.25, 0.3) is 0 Å². The van der Waals surface area contributed by atoms with Gasteiger partial charge in [-0.2, -0.15) is 0 Å². The number of hydrogen-bond donors (Lipinski definition) is 2. The van der Waals surface area contributed by atoms with E-state index < -0.39 is 28.9 Å². The Balaban J connectivity index is 1.13. The fraction of sp³-hybridized carbons (Fsp3) is 0.324. The van der Waals surface area contributed by atoms with Crippen LogP contribution in [0.2, 0.25) is 0 Å². The fourth-order valence-corrected chi connectivity index (χ4v) is 6.22. The predicted octanol–water partition coefficient (Wildman–Crippen LogP) is 7.34. The van der Waals surface area contributed by atoms with Crippen molar-refractivity contribution in [2.45, 2.75) is 51.5 Å². The number of amides is 2. The number of nitrogens with one attached hydrogen (secondary N) is 2. The van der Waals surface area contributed by atoms with Gasteiger partial charge in [0.1, 0.15) is 17.0 Å². The molecular weight excluding hydrogens is 582 g/mol. The smallest absolute Gasteiger partial charge is 0.240 e. The van der Waals surface area contributed by atoms with Gasteiger partial charge in [0.15, 0.2) is 11.6 Å². The second kappa shape index (κ2) is 12.0. The molecule has 0 atom stereocenters. The lowest BCUT2D eigenvalue weighted by Gasteiger charge is -2.37. The Kier molecular flexibility index (Phi) is 8.10. The lowest BCUT2D eigenvalue weighted by atomic mass is 9.99. The van der Waals surface area contributed by atoms with Crippen molar-refractivity contribution in [1.82, 2.24) is 9.88 Å². The monoisotopic (exact) mass is 614 g/mol. The largest absolute Gasteiger partial charge is 0.453 e. The summed E-state index contributed by atoms with van der Waals surface area (Å²) in [5.74, 6) is 5.06. The molecule has 1 saturated heterocycles. The molecule has 0 unspecified atom stereocenters. The number of pyridine rings is 1. The first-order chi connectivity index (χ1) is 21.1. The highest BCUT2D eigenvalue weighted by atomic mass is 32.1. The topological polar surface area (TPSA) is 83.6 Å². The van der Waals surface area contributed by atoms with E-state index in [-0.39, 0.29) is 17.0 Å². The number of nitrogens with zero attached hydrogens (tertiary/aromatic N) is 2. The maximum Gasteiger partial charge on any atom is 0.240 e. The number of fused-ring (bicyclic) bond motifs is 1. The Hall–Kier alpha value is -4.33. The van der Waals surface area contributed by atoms with E-state index in [4.69, 9.17) is 4.74 Å². The number of likely N-dealkylation sites (tertiary alicyclic amines) is 1. The number of aromatic nitrogens is 1. The van der Waals surface area contributed by atoms with E-state index >= 15 is 4.39 Å². The number of halogens is 2. The molecule has 2 N–H and O–H groups in total. The number of thiophene rings is 1. The molecule has 7 nitrogen and oxygen atoms in total. The minimum absolute atomic E-state index is 0.0158. The van der Waals surface area contributed by atoms with Crippen molar-refractivity contribution in [3.8, 4) is 23.3 Å². The van der Waals surface area contributed by atoms with Crippen LogP contribution in [-0.4, -0.2) is 40.3 Å². The summed E-state index contributed by atoms with van der Waals surface area (Å²) in [4.78, 5) is 33.6. The molecule has 1 aliphatic carbocycles. The summed E-state index contributed by atoms with van der Waals surface area (Å²) in [5, 5.41) is 5.31. The second-order valence-corrected chi connectivity index (χ2v) is 12.8. The van der Waals surface area contributed by atoms with Crippen molar-refractivity contribution in [1.29, 1.82) is 0 Å². The van der Waals surface area contributed by atoms with Crippen LogP contribution in [0.25, 0.3) is 10.2 Å². The van der Waals surface area contributed by atoms with Crippen LogP contribution >= 0.6 is 11.3 Å². The van der Waals surface area contributed by atoms with Crippen LogP contribution in [0.5, 0.6) is 11.5 Å². The first kappa shape index (κ1) is 29.7. The molecule has 44 heavy (non-hydrogen) atoms. The Labute approximate surface area is 258 Å². The molecule has 0 bridgehead atoms. The zero-order valence-electron chi connectivity index (χ0n) is 24.5. The molecule has 10 heteroatoms. The van der Waals surface area contributed by atoms with Gasteiger partial charge in [-0.25, -0.2) is 8.78 Å². The molecule has 2 aromatic carbocycles. The lowest BCUT2D eigenvalue weighted by molar-refractivity contribution is -0.131. The zero-order valence-corrected chi connectivity index (χ0v) is 25.3. The molecule has 2 fully saturated rings. The minimum atomic E-state index is -1.26. The number of carbonyl (C=O) groups is 2. The molecule has 0 spiro atoms. The highest BCUT2D eigenvalue weighted by molar-refractivity contribution is 7.19. The van der Waals surface area contributed by atoms with E-state index in [1.165, 1.54) is 67.0 Å². The molecule has 6 rings (SSSR count). The van der Waals surface area contributed by atoms with Gasteiger partial charge in [0.05, 0.1) is 20.6 Å². The summed E-state index contributed by atoms with van der Waals surface area (Å²) < 4.78 is 35.1. The van der Waals surface area contributed by atoms with Crippen LogP contribution < -0.4 is 15.4 Å². The van der Waals surface area contributed by atoms with Gasteiger partial charge in [-0.15, -0.1) is 11.3 Å². The average Bonchev–Trinajstić information content (AvgIpc) is 3.73. The van der Waals surface area contributed by atoms with E-state index in [0.29, 0.717) is 29.8 Å². The summed E-state index contributed by atoms with van der Waals surface area (Å²) in [6.45, 7) is 6.39. The van der Waals surface area contributed by atoms with Crippen LogP contribution in [-0.2, 0) is 9.59 Å². The molecule has 4 aromatic rings. The van der Waals surface area contributed by atoms with Crippen molar-refractivity contribution in [2.75, 3.05) is 23.7 Å². The Morgan fingerprint density at radius 3 is 2.30 bits per heavy atom. The molecule has 2 amide bonds. The molecule has 3 heterocycles. The van der Waals surface area contributed by atoms with Crippen molar-refractivity contribution in [2.24, 2.45) is 5.41 Å². The molecule has 1 aliphatic heterocycles.